The van der Waals surface area contributed by atoms with E-state index in [9.17, 15) is 14.4 Å². The number of benzene rings is 1. The molecule has 1 aromatic rings. The molecule has 2 amide bonds. The highest BCUT2D eigenvalue weighted by Crippen LogP contribution is 2.16. The Labute approximate surface area is 151 Å². The third kappa shape index (κ3) is 5.09. The molecule has 136 valence electrons. The van der Waals surface area contributed by atoms with Gasteiger partial charge in [0.25, 0.3) is 5.91 Å². The number of nitrogens with zero attached hydrogens (tertiary/aromatic N) is 2. The van der Waals surface area contributed by atoms with Crippen molar-refractivity contribution in [1.82, 2.24) is 9.80 Å². The first kappa shape index (κ1) is 19.1. The van der Waals surface area contributed by atoms with Crippen LogP contribution < -0.4 is 4.74 Å². The molecule has 0 radical (unpaired) electrons. The van der Waals surface area contributed by atoms with Crippen molar-refractivity contribution < 1.29 is 23.9 Å². The second-order valence-corrected chi connectivity index (χ2v) is 6.20. The van der Waals surface area contributed by atoms with Crippen LogP contribution in [-0.4, -0.2) is 65.9 Å². The zero-order chi connectivity index (χ0) is 18.4. The predicted molar refractivity (Wildman–Crippen MR) is 91.9 cm³/mol. The summed E-state index contributed by atoms with van der Waals surface area (Å²) in [6.45, 7) is 5.39. The summed E-state index contributed by atoms with van der Waals surface area (Å²) >= 11 is 5.81. The molecule has 25 heavy (non-hydrogen) atoms. The van der Waals surface area contributed by atoms with Gasteiger partial charge in [0, 0.05) is 31.7 Å². The van der Waals surface area contributed by atoms with Gasteiger partial charge in [-0.05, 0) is 38.1 Å². The van der Waals surface area contributed by atoms with Crippen LogP contribution in [0.4, 0.5) is 4.79 Å². The molecular weight excluding hydrogens is 348 g/mol. The van der Waals surface area contributed by atoms with Gasteiger partial charge in [0.05, 0.1) is 6.61 Å². The molecule has 0 saturated carbocycles. The maximum atomic E-state index is 12.5. The van der Waals surface area contributed by atoms with Crippen molar-refractivity contribution in [2.45, 2.75) is 19.2 Å². The number of carbonyl (C=O) groups excluding carboxylic acids is 3. The van der Waals surface area contributed by atoms with Gasteiger partial charge in [-0.1, -0.05) is 0 Å². The number of halogens is 1. The van der Waals surface area contributed by atoms with Crippen molar-refractivity contribution in [2.75, 3.05) is 32.8 Å². The molecule has 1 saturated heterocycles. The molecule has 1 fully saturated rings. The van der Waals surface area contributed by atoms with Gasteiger partial charge in [0.1, 0.15) is 11.1 Å². The highest BCUT2D eigenvalue weighted by molar-refractivity contribution is 6.30. The molecule has 0 aromatic heterocycles. The molecule has 1 aromatic carbocycles. The molecule has 2 rings (SSSR count). The van der Waals surface area contributed by atoms with Gasteiger partial charge >= 0.3 is 6.16 Å². The normalized spacial score (nSPS) is 15.5. The summed E-state index contributed by atoms with van der Waals surface area (Å²) in [5, 5.41) is -0.561. The lowest BCUT2D eigenvalue weighted by molar-refractivity contribution is -0.131. The van der Waals surface area contributed by atoms with Gasteiger partial charge in [-0.25, -0.2) is 4.79 Å². The molecule has 1 atom stereocenters. The molecule has 0 N–H and O–H groups in total. The van der Waals surface area contributed by atoms with Gasteiger partial charge in [-0.2, -0.15) is 0 Å². The Morgan fingerprint density at radius 3 is 2.16 bits per heavy atom. The number of hydrogen-bond acceptors (Lipinski definition) is 5. The lowest BCUT2D eigenvalue weighted by atomic mass is 10.1. The summed E-state index contributed by atoms with van der Waals surface area (Å²) in [7, 11) is 0. The molecule has 0 bridgehead atoms. The SMILES string of the molecule is CCOC(=O)Oc1ccc(C(=O)N2CCN(C(=O)C(C)Cl)CC2)cc1. The van der Waals surface area contributed by atoms with Crippen LogP contribution in [0.2, 0.25) is 0 Å². The number of alkyl halides is 1. The lowest BCUT2D eigenvalue weighted by Crippen LogP contribution is -2.52. The standard InChI is InChI=1S/C17H21ClN2O5/c1-3-24-17(23)25-14-6-4-13(5-7-14)16(22)20-10-8-19(9-11-20)15(21)12(2)18/h4-7,12H,3,8-11H2,1-2H3. The van der Waals surface area contributed by atoms with Gasteiger partial charge in [-0.3, -0.25) is 9.59 Å². The molecule has 8 heteroatoms. The smallest absolute Gasteiger partial charge is 0.434 e. The average molecular weight is 369 g/mol. The van der Waals surface area contributed by atoms with Crippen LogP contribution in [0.5, 0.6) is 5.75 Å². The van der Waals surface area contributed by atoms with Crippen molar-refractivity contribution >= 4 is 29.6 Å². The third-order valence-corrected chi connectivity index (χ3v) is 3.97. The van der Waals surface area contributed by atoms with E-state index in [1.807, 2.05) is 0 Å². The summed E-state index contributed by atoms with van der Waals surface area (Å²) in [6, 6.07) is 6.27. The number of ether oxygens (including phenoxy) is 2. The fourth-order valence-electron chi connectivity index (χ4n) is 2.47. The van der Waals surface area contributed by atoms with E-state index in [1.165, 1.54) is 0 Å². The zero-order valence-corrected chi connectivity index (χ0v) is 15.0. The summed E-state index contributed by atoms with van der Waals surface area (Å²) < 4.78 is 9.64. The van der Waals surface area contributed by atoms with E-state index in [0.717, 1.165) is 0 Å². The Morgan fingerprint density at radius 2 is 1.64 bits per heavy atom. The fourth-order valence-corrected chi connectivity index (χ4v) is 2.61. The Hall–Kier alpha value is -2.28. The highest BCUT2D eigenvalue weighted by atomic mass is 35.5. The maximum Gasteiger partial charge on any atom is 0.513 e. The number of carbonyl (C=O) groups is 3. The Bertz CT molecular complexity index is 624. The fraction of sp³-hybridized carbons (Fsp3) is 0.471. The zero-order valence-electron chi connectivity index (χ0n) is 14.2. The minimum absolute atomic E-state index is 0.116. The molecule has 1 aliphatic heterocycles. The summed E-state index contributed by atoms with van der Waals surface area (Å²) in [5.74, 6) is 0.0597. The third-order valence-electron chi connectivity index (χ3n) is 3.78. The van der Waals surface area contributed by atoms with Gasteiger partial charge in [0.2, 0.25) is 5.91 Å². The molecule has 0 spiro atoms. The predicted octanol–water partition coefficient (Wildman–Crippen LogP) is 2.13. The second kappa shape index (κ2) is 8.71. The van der Waals surface area contributed by atoms with Crippen LogP contribution in [0.1, 0.15) is 24.2 Å². The summed E-state index contributed by atoms with van der Waals surface area (Å²) in [5.41, 5.74) is 0.488. The van der Waals surface area contributed by atoms with Crippen LogP contribution >= 0.6 is 11.6 Å². The van der Waals surface area contributed by atoms with Crippen LogP contribution in [0.15, 0.2) is 24.3 Å². The highest BCUT2D eigenvalue weighted by Gasteiger charge is 2.26. The number of rotatable bonds is 4. The van der Waals surface area contributed by atoms with Gasteiger partial charge < -0.3 is 19.3 Å². The lowest BCUT2D eigenvalue weighted by Gasteiger charge is -2.35. The number of piperazine rings is 1. The molecule has 1 unspecified atom stereocenters. The van der Waals surface area contributed by atoms with E-state index < -0.39 is 11.5 Å². The van der Waals surface area contributed by atoms with Crippen molar-refractivity contribution in [3.05, 3.63) is 29.8 Å². The number of amides is 2. The minimum Gasteiger partial charge on any atom is -0.434 e. The van der Waals surface area contributed by atoms with Crippen LogP contribution in [0.3, 0.4) is 0 Å². The average Bonchev–Trinajstić information content (AvgIpc) is 2.61. The quantitative estimate of drug-likeness (QED) is 0.462. The summed E-state index contributed by atoms with van der Waals surface area (Å²) in [4.78, 5) is 39.0. The van der Waals surface area contributed by atoms with Crippen LogP contribution in [0, 0.1) is 0 Å². The van der Waals surface area contributed by atoms with E-state index in [0.29, 0.717) is 37.5 Å². The van der Waals surface area contributed by atoms with Crippen molar-refractivity contribution in [3.8, 4) is 5.75 Å². The van der Waals surface area contributed by atoms with E-state index in [-0.39, 0.29) is 18.4 Å². The maximum absolute atomic E-state index is 12.5. The first-order valence-electron chi connectivity index (χ1n) is 8.09. The van der Waals surface area contributed by atoms with E-state index in [1.54, 1.807) is 47.9 Å². The largest absolute Gasteiger partial charge is 0.513 e. The molecule has 1 heterocycles. The van der Waals surface area contributed by atoms with Gasteiger partial charge in [0.15, 0.2) is 0 Å². The molecule has 1 aliphatic rings. The van der Waals surface area contributed by atoms with E-state index >= 15 is 0 Å². The number of hydrogen-bond donors (Lipinski definition) is 0. The Morgan fingerprint density at radius 1 is 1.08 bits per heavy atom. The molecule has 7 nitrogen and oxygen atoms in total. The van der Waals surface area contributed by atoms with Crippen molar-refractivity contribution in [2.24, 2.45) is 0 Å². The molecular formula is C17H21ClN2O5. The van der Waals surface area contributed by atoms with Crippen LogP contribution in [-0.2, 0) is 9.53 Å². The Balaban J connectivity index is 1.91. The first-order valence-corrected chi connectivity index (χ1v) is 8.52. The monoisotopic (exact) mass is 368 g/mol. The first-order chi connectivity index (χ1) is 11.9. The molecule has 0 aliphatic carbocycles. The topological polar surface area (TPSA) is 76.2 Å². The second-order valence-electron chi connectivity index (χ2n) is 5.54. The van der Waals surface area contributed by atoms with Gasteiger partial charge in [-0.15, -0.1) is 11.6 Å². The minimum atomic E-state index is -0.782. The Kier molecular flexibility index (Phi) is 6.64. The summed E-state index contributed by atoms with van der Waals surface area (Å²) in [6.07, 6.45) is -0.782. The van der Waals surface area contributed by atoms with E-state index in [4.69, 9.17) is 16.3 Å². The van der Waals surface area contributed by atoms with E-state index in [2.05, 4.69) is 4.74 Å². The van der Waals surface area contributed by atoms with Crippen molar-refractivity contribution in [1.29, 1.82) is 0 Å². The van der Waals surface area contributed by atoms with Crippen LogP contribution in [0.25, 0.3) is 0 Å². The van der Waals surface area contributed by atoms with Crippen molar-refractivity contribution in [3.63, 3.8) is 0 Å².